The highest BCUT2D eigenvalue weighted by atomic mass is 35.5. The Morgan fingerprint density at radius 1 is 1.05 bits per heavy atom. The quantitative estimate of drug-likeness (QED) is 0.766. The monoisotopic (exact) mass is 271 g/mol. The molecule has 0 saturated carbocycles. The summed E-state index contributed by atoms with van der Waals surface area (Å²) < 4.78 is 5.69. The van der Waals surface area contributed by atoms with Gasteiger partial charge in [0.1, 0.15) is 11.5 Å². The maximum Gasteiger partial charge on any atom is 0.189 e. The zero-order valence-corrected chi connectivity index (χ0v) is 10.6. The van der Waals surface area contributed by atoms with Crippen molar-refractivity contribution in [3.05, 3.63) is 70.0 Å². The standard InChI is InChI=1S/C15H10ClNO2/c16-12-3-1-2-4-15(12)19-10-5-6-13-11(9-10)14(18)7-8-17-13/h1-9H,(H,17,18). The van der Waals surface area contributed by atoms with Crippen molar-refractivity contribution in [1.82, 2.24) is 4.98 Å². The fourth-order valence-electron chi connectivity index (χ4n) is 1.87. The van der Waals surface area contributed by atoms with Gasteiger partial charge in [-0.25, -0.2) is 0 Å². The molecule has 0 aliphatic carbocycles. The zero-order valence-electron chi connectivity index (χ0n) is 9.89. The molecule has 1 heterocycles. The van der Waals surface area contributed by atoms with Crippen LogP contribution in [0.4, 0.5) is 0 Å². The number of para-hydroxylation sites is 1. The Morgan fingerprint density at radius 3 is 2.74 bits per heavy atom. The van der Waals surface area contributed by atoms with E-state index >= 15 is 0 Å². The van der Waals surface area contributed by atoms with Gasteiger partial charge in [0.25, 0.3) is 0 Å². The van der Waals surface area contributed by atoms with Gasteiger partial charge < -0.3 is 9.72 Å². The number of aromatic amines is 1. The summed E-state index contributed by atoms with van der Waals surface area (Å²) >= 11 is 6.03. The Balaban J connectivity index is 2.05. The predicted molar refractivity (Wildman–Crippen MR) is 76.1 cm³/mol. The second-order valence-corrected chi connectivity index (χ2v) is 4.49. The lowest BCUT2D eigenvalue weighted by Gasteiger charge is -2.07. The summed E-state index contributed by atoms with van der Waals surface area (Å²) in [6.07, 6.45) is 1.62. The highest BCUT2D eigenvalue weighted by Crippen LogP contribution is 2.29. The van der Waals surface area contributed by atoms with E-state index in [0.29, 0.717) is 21.9 Å². The number of benzene rings is 2. The molecule has 0 radical (unpaired) electrons. The van der Waals surface area contributed by atoms with Gasteiger partial charge in [-0.1, -0.05) is 23.7 Å². The highest BCUT2D eigenvalue weighted by molar-refractivity contribution is 6.32. The molecule has 0 unspecified atom stereocenters. The molecule has 1 aromatic heterocycles. The van der Waals surface area contributed by atoms with Crippen LogP contribution in [0.1, 0.15) is 0 Å². The molecule has 0 aliphatic rings. The lowest BCUT2D eigenvalue weighted by atomic mass is 10.2. The van der Waals surface area contributed by atoms with E-state index < -0.39 is 0 Å². The molecular formula is C15H10ClNO2. The van der Waals surface area contributed by atoms with Crippen molar-refractivity contribution in [1.29, 1.82) is 0 Å². The molecule has 0 atom stereocenters. The smallest absolute Gasteiger partial charge is 0.189 e. The van der Waals surface area contributed by atoms with Crippen molar-refractivity contribution in [2.45, 2.75) is 0 Å². The molecule has 2 aromatic carbocycles. The summed E-state index contributed by atoms with van der Waals surface area (Å²) in [4.78, 5) is 14.8. The number of halogens is 1. The van der Waals surface area contributed by atoms with Crippen LogP contribution in [0, 0.1) is 0 Å². The van der Waals surface area contributed by atoms with Crippen molar-refractivity contribution in [2.75, 3.05) is 0 Å². The molecular weight excluding hydrogens is 262 g/mol. The second-order valence-electron chi connectivity index (χ2n) is 4.08. The van der Waals surface area contributed by atoms with Gasteiger partial charge in [0, 0.05) is 23.2 Å². The van der Waals surface area contributed by atoms with Gasteiger partial charge in [-0.3, -0.25) is 4.79 Å². The third-order valence-corrected chi connectivity index (χ3v) is 3.11. The molecule has 94 valence electrons. The predicted octanol–water partition coefficient (Wildman–Crippen LogP) is 3.97. The summed E-state index contributed by atoms with van der Waals surface area (Å²) in [7, 11) is 0. The van der Waals surface area contributed by atoms with Crippen LogP contribution in [0.15, 0.2) is 59.5 Å². The SMILES string of the molecule is O=c1cc[nH]c2ccc(Oc3ccccc3Cl)cc12. The second kappa shape index (κ2) is 4.78. The van der Waals surface area contributed by atoms with Crippen molar-refractivity contribution >= 4 is 22.5 Å². The third-order valence-electron chi connectivity index (χ3n) is 2.79. The summed E-state index contributed by atoms with van der Waals surface area (Å²) in [5, 5.41) is 1.12. The summed E-state index contributed by atoms with van der Waals surface area (Å²) in [6.45, 7) is 0. The number of ether oxygens (including phenoxy) is 1. The lowest BCUT2D eigenvalue weighted by molar-refractivity contribution is 0.483. The van der Waals surface area contributed by atoms with Gasteiger partial charge in [-0.05, 0) is 30.3 Å². The molecule has 3 rings (SSSR count). The fourth-order valence-corrected chi connectivity index (χ4v) is 2.04. The van der Waals surface area contributed by atoms with Crippen LogP contribution >= 0.6 is 11.6 Å². The molecule has 0 bridgehead atoms. The van der Waals surface area contributed by atoms with Crippen molar-refractivity contribution in [3.8, 4) is 11.5 Å². The van der Waals surface area contributed by atoms with Gasteiger partial charge in [0.05, 0.1) is 5.02 Å². The molecule has 0 saturated heterocycles. The number of nitrogens with one attached hydrogen (secondary N) is 1. The van der Waals surface area contributed by atoms with E-state index in [1.807, 2.05) is 18.2 Å². The summed E-state index contributed by atoms with van der Waals surface area (Å²) in [5.41, 5.74) is 0.734. The minimum atomic E-state index is -0.0432. The average molecular weight is 272 g/mol. The van der Waals surface area contributed by atoms with E-state index in [0.717, 1.165) is 5.52 Å². The van der Waals surface area contributed by atoms with Crippen LogP contribution in [0.3, 0.4) is 0 Å². The molecule has 1 N–H and O–H groups in total. The lowest BCUT2D eigenvalue weighted by Crippen LogP contribution is -1.99. The van der Waals surface area contributed by atoms with Crippen LogP contribution in [0.25, 0.3) is 10.9 Å². The van der Waals surface area contributed by atoms with E-state index in [2.05, 4.69) is 4.98 Å². The molecule has 3 nitrogen and oxygen atoms in total. The normalized spacial score (nSPS) is 10.6. The molecule has 3 aromatic rings. The number of aromatic nitrogens is 1. The summed E-state index contributed by atoms with van der Waals surface area (Å²) in [6, 6.07) is 14.0. The van der Waals surface area contributed by atoms with Crippen LogP contribution in [0.2, 0.25) is 5.02 Å². The zero-order chi connectivity index (χ0) is 13.2. The Kier molecular flexibility index (Phi) is 2.97. The minimum absolute atomic E-state index is 0.0432. The average Bonchev–Trinajstić information content (AvgIpc) is 2.42. The third kappa shape index (κ3) is 2.33. The van der Waals surface area contributed by atoms with Crippen LogP contribution < -0.4 is 10.2 Å². The first-order valence-corrected chi connectivity index (χ1v) is 6.16. The molecule has 4 heteroatoms. The van der Waals surface area contributed by atoms with Gasteiger partial charge >= 0.3 is 0 Å². The van der Waals surface area contributed by atoms with E-state index in [1.165, 1.54) is 6.07 Å². The number of fused-ring (bicyclic) bond motifs is 1. The molecule has 0 aliphatic heterocycles. The number of rotatable bonds is 2. The van der Waals surface area contributed by atoms with Gasteiger partial charge in [-0.15, -0.1) is 0 Å². The largest absolute Gasteiger partial charge is 0.456 e. The number of hydrogen-bond acceptors (Lipinski definition) is 2. The minimum Gasteiger partial charge on any atom is -0.456 e. The van der Waals surface area contributed by atoms with E-state index in [4.69, 9.17) is 16.3 Å². The number of H-pyrrole nitrogens is 1. The molecule has 0 fully saturated rings. The first-order valence-electron chi connectivity index (χ1n) is 5.78. The highest BCUT2D eigenvalue weighted by Gasteiger charge is 2.04. The number of hydrogen-bond donors (Lipinski definition) is 1. The first-order chi connectivity index (χ1) is 9.24. The van der Waals surface area contributed by atoms with Gasteiger partial charge in [0.15, 0.2) is 5.43 Å². The van der Waals surface area contributed by atoms with E-state index in [1.54, 1.807) is 30.5 Å². The fraction of sp³-hybridized carbons (Fsp3) is 0. The van der Waals surface area contributed by atoms with Crippen LogP contribution in [-0.4, -0.2) is 4.98 Å². The van der Waals surface area contributed by atoms with Crippen LogP contribution in [-0.2, 0) is 0 Å². The van der Waals surface area contributed by atoms with E-state index in [-0.39, 0.29) is 5.43 Å². The van der Waals surface area contributed by atoms with Crippen molar-refractivity contribution in [2.24, 2.45) is 0 Å². The Hall–Kier alpha value is -2.26. The summed E-state index contributed by atoms with van der Waals surface area (Å²) in [5.74, 6) is 1.15. The van der Waals surface area contributed by atoms with Gasteiger partial charge in [-0.2, -0.15) is 0 Å². The van der Waals surface area contributed by atoms with Crippen molar-refractivity contribution < 1.29 is 4.74 Å². The topological polar surface area (TPSA) is 42.1 Å². The number of pyridine rings is 1. The van der Waals surface area contributed by atoms with Crippen molar-refractivity contribution in [3.63, 3.8) is 0 Å². The Morgan fingerprint density at radius 2 is 1.89 bits per heavy atom. The Bertz CT molecular complexity index is 795. The molecule has 0 amide bonds. The maximum absolute atomic E-state index is 11.7. The van der Waals surface area contributed by atoms with Crippen LogP contribution in [0.5, 0.6) is 11.5 Å². The maximum atomic E-state index is 11.7. The first kappa shape index (κ1) is 11.8. The molecule has 19 heavy (non-hydrogen) atoms. The van der Waals surface area contributed by atoms with E-state index in [9.17, 15) is 4.79 Å². The van der Waals surface area contributed by atoms with Gasteiger partial charge in [0.2, 0.25) is 0 Å². The molecule has 0 spiro atoms. The Labute approximate surface area is 114 Å².